The highest BCUT2D eigenvalue weighted by atomic mass is 19.1. The minimum Gasteiger partial charge on any atom is -0.466 e. The molecule has 4 rings (SSSR count). The van der Waals surface area contributed by atoms with Gasteiger partial charge in [0.05, 0.1) is 31.9 Å². The number of halogens is 1. The number of esters is 2. The maximum atomic E-state index is 13.4. The molecule has 186 valence electrons. The Morgan fingerprint density at radius 3 is 2.31 bits per heavy atom. The average Bonchev–Trinajstić information content (AvgIpc) is 3.22. The molecule has 2 aromatic heterocycles. The summed E-state index contributed by atoms with van der Waals surface area (Å²) in [6, 6.07) is 15.0. The summed E-state index contributed by atoms with van der Waals surface area (Å²) in [4.78, 5) is 29.7. The molecule has 0 radical (unpaired) electrons. The summed E-state index contributed by atoms with van der Waals surface area (Å²) in [6.07, 6.45) is 0.745. The van der Waals surface area contributed by atoms with Gasteiger partial charge in [-0.05, 0) is 35.9 Å². The van der Waals surface area contributed by atoms with Crippen LogP contribution in [0.3, 0.4) is 0 Å². The van der Waals surface area contributed by atoms with Crippen LogP contribution < -0.4 is 0 Å². The normalized spacial score (nSPS) is 11.9. The van der Waals surface area contributed by atoms with Gasteiger partial charge >= 0.3 is 11.9 Å². The molecule has 8 nitrogen and oxygen atoms in total. The van der Waals surface area contributed by atoms with Gasteiger partial charge in [-0.3, -0.25) is 0 Å². The molecule has 2 heterocycles. The van der Waals surface area contributed by atoms with E-state index in [1.165, 1.54) is 40.6 Å². The molecular weight excluding hydrogens is 467 g/mol. The van der Waals surface area contributed by atoms with Gasteiger partial charge in [0.15, 0.2) is 0 Å². The fourth-order valence-electron chi connectivity index (χ4n) is 4.19. The van der Waals surface area contributed by atoms with Crippen LogP contribution in [0.25, 0.3) is 27.9 Å². The van der Waals surface area contributed by atoms with E-state index in [9.17, 15) is 14.0 Å². The van der Waals surface area contributed by atoms with Gasteiger partial charge in [-0.2, -0.15) is 0 Å². The van der Waals surface area contributed by atoms with E-state index in [4.69, 9.17) is 18.9 Å². The molecule has 36 heavy (non-hydrogen) atoms. The third-order valence-electron chi connectivity index (χ3n) is 5.81. The Hall–Kier alpha value is -4.08. The van der Waals surface area contributed by atoms with Gasteiger partial charge in [0.25, 0.3) is 0 Å². The summed E-state index contributed by atoms with van der Waals surface area (Å²) in [7, 11) is 5.51. The number of pyridine rings is 1. The van der Waals surface area contributed by atoms with Crippen LogP contribution in [-0.2, 0) is 30.3 Å². The molecule has 0 N–H and O–H groups in total. The predicted octanol–water partition coefficient (Wildman–Crippen LogP) is 4.66. The van der Waals surface area contributed by atoms with Crippen molar-refractivity contribution in [2.75, 3.05) is 28.4 Å². The highest BCUT2D eigenvalue weighted by Crippen LogP contribution is 2.35. The number of para-hydroxylation sites is 1. The summed E-state index contributed by atoms with van der Waals surface area (Å²) in [5.74, 6) is -1.52. The smallest absolute Gasteiger partial charge is 0.356 e. The van der Waals surface area contributed by atoms with Gasteiger partial charge in [0.1, 0.15) is 17.2 Å². The molecule has 0 spiro atoms. The molecule has 9 heteroatoms. The topological polar surface area (TPSA) is 88.9 Å². The van der Waals surface area contributed by atoms with Crippen LogP contribution in [0, 0.1) is 5.82 Å². The van der Waals surface area contributed by atoms with E-state index in [2.05, 4.69) is 4.98 Å². The second kappa shape index (κ2) is 10.7. The van der Waals surface area contributed by atoms with Crippen molar-refractivity contribution in [3.8, 4) is 0 Å². The average molecular weight is 493 g/mol. The quantitative estimate of drug-likeness (QED) is 0.201. The van der Waals surface area contributed by atoms with E-state index in [1.54, 1.807) is 24.3 Å². The SMILES string of the molecule is COC(=O)/C(=C/c1ccc(F)cc1)Cn1c2ccccc2c2cc(C(=O)OC)nc(C(OC)OC)c21. The summed E-state index contributed by atoms with van der Waals surface area (Å²) in [6.45, 7) is 0.0977. The van der Waals surface area contributed by atoms with Crippen LogP contribution in [0.4, 0.5) is 4.39 Å². The summed E-state index contributed by atoms with van der Waals surface area (Å²) >= 11 is 0. The lowest BCUT2D eigenvalue weighted by Crippen LogP contribution is -2.16. The van der Waals surface area contributed by atoms with E-state index in [1.807, 2.05) is 28.8 Å². The lowest BCUT2D eigenvalue weighted by molar-refractivity contribution is -0.136. The molecule has 0 aliphatic heterocycles. The third-order valence-corrected chi connectivity index (χ3v) is 5.81. The second-order valence-electron chi connectivity index (χ2n) is 7.90. The van der Waals surface area contributed by atoms with Crippen LogP contribution >= 0.6 is 0 Å². The number of hydrogen-bond acceptors (Lipinski definition) is 7. The molecule has 0 unspecified atom stereocenters. The molecule has 2 aromatic carbocycles. The maximum Gasteiger partial charge on any atom is 0.356 e. The van der Waals surface area contributed by atoms with Crippen molar-refractivity contribution in [1.82, 2.24) is 9.55 Å². The van der Waals surface area contributed by atoms with E-state index >= 15 is 0 Å². The lowest BCUT2D eigenvalue weighted by atomic mass is 10.1. The van der Waals surface area contributed by atoms with Crippen LogP contribution in [0.2, 0.25) is 0 Å². The Morgan fingerprint density at radius 1 is 0.972 bits per heavy atom. The van der Waals surface area contributed by atoms with Gasteiger partial charge in [0, 0.05) is 30.5 Å². The van der Waals surface area contributed by atoms with Gasteiger partial charge in [-0.25, -0.2) is 19.0 Å². The van der Waals surface area contributed by atoms with Crippen LogP contribution in [0.15, 0.2) is 60.2 Å². The first-order chi connectivity index (χ1) is 17.4. The first-order valence-electron chi connectivity index (χ1n) is 11.0. The molecule has 0 saturated carbocycles. The first-order valence-corrected chi connectivity index (χ1v) is 11.0. The molecule has 0 amide bonds. The zero-order valence-corrected chi connectivity index (χ0v) is 20.3. The fraction of sp³-hybridized carbons (Fsp3) is 0.222. The van der Waals surface area contributed by atoms with Gasteiger partial charge < -0.3 is 23.5 Å². The van der Waals surface area contributed by atoms with Crippen LogP contribution in [0.5, 0.6) is 0 Å². The Kier molecular flexibility index (Phi) is 7.42. The second-order valence-corrected chi connectivity index (χ2v) is 7.90. The van der Waals surface area contributed by atoms with Crippen molar-refractivity contribution in [1.29, 1.82) is 0 Å². The summed E-state index contributed by atoms with van der Waals surface area (Å²) in [5.41, 5.74) is 2.80. The number of nitrogens with zero attached hydrogens (tertiary/aromatic N) is 2. The largest absolute Gasteiger partial charge is 0.466 e. The molecule has 0 saturated heterocycles. The zero-order chi connectivity index (χ0) is 25.8. The highest BCUT2D eigenvalue weighted by molar-refractivity contribution is 6.11. The van der Waals surface area contributed by atoms with E-state index in [0.717, 1.165) is 10.9 Å². The number of fused-ring (bicyclic) bond motifs is 3. The Morgan fingerprint density at radius 2 is 1.67 bits per heavy atom. The monoisotopic (exact) mass is 492 g/mol. The number of hydrogen-bond donors (Lipinski definition) is 0. The standard InChI is InChI=1S/C27H25FN2O6/c1-33-25(31)17(13-16-9-11-18(28)12-10-16)15-30-22-8-6-5-7-19(22)20-14-21(26(32)34-2)29-23(24(20)30)27(35-3)36-4/h5-14,27H,15H2,1-4H3/b17-13+. The van der Waals surface area contributed by atoms with Crippen molar-refractivity contribution >= 4 is 39.8 Å². The van der Waals surface area contributed by atoms with E-state index in [0.29, 0.717) is 27.7 Å². The minimum atomic E-state index is -0.900. The number of carbonyl (C=O) groups is 2. The van der Waals surface area contributed by atoms with E-state index < -0.39 is 18.2 Å². The molecule has 0 atom stereocenters. The summed E-state index contributed by atoms with van der Waals surface area (Å²) in [5, 5.41) is 1.54. The number of rotatable bonds is 8. The van der Waals surface area contributed by atoms with Crippen molar-refractivity contribution in [3.63, 3.8) is 0 Å². The number of methoxy groups -OCH3 is 4. The Labute approximate surface area is 206 Å². The highest BCUT2D eigenvalue weighted by Gasteiger charge is 2.25. The Balaban J connectivity index is 2.01. The first kappa shape index (κ1) is 25.0. The molecule has 0 fully saturated rings. The van der Waals surface area contributed by atoms with Gasteiger partial charge in [-0.15, -0.1) is 0 Å². The van der Waals surface area contributed by atoms with Gasteiger partial charge in [-0.1, -0.05) is 30.3 Å². The van der Waals surface area contributed by atoms with Crippen molar-refractivity contribution < 1.29 is 32.9 Å². The Bertz CT molecular complexity index is 1450. The number of ether oxygens (including phenoxy) is 4. The van der Waals surface area contributed by atoms with Crippen molar-refractivity contribution in [2.24, 2.45) is 0 Å². The molecular formula is C27H25FN2O6. The number of carbonyl (C=O) groups excluding carboxylic acids is 2. The molecule has 0 aliphatic carbocycles. The van der Waals surface area contributed by atoms with Gasteiger partial charge in [0.2, 0.25) is 6.29 Å². The zero-order valence-electron chi connectivity index (χ0n) is 20.3. The number of aromatic nitrogens is 2. The lowest BCUT2D eigenvalue weighted by Gasteiger charge is -2.17. The third kappa shape index (κ3) is 4.71. The number of benzene rings is 2. The van der Waals surface area contributed by atoms with Crippen molar-refractivity contribution in [2.45, 2.75) is 12.8 Å². The van der Waals surface area contributed by atoms with E-state index in [-0.39, 0.29) is 18.1 Å². The predicted molar refractivity (Wildman–Crippen MR) is 132 cm³/mol. The summed E-state index contributed by atoms with van der Waals surface area (Å²) < 4.78 is 36.3. The molecule has 0 bridgehead atoms. The van der Waals surface area contributed by atoms with Crippen LogP contribution in [-0.4, -0.2) is 49.9 Å². The molecule has 4 aromatic rings. The maximum absolute atomic E-state index is 13.4. The van der Waals surface area contributed by atoms with Crippen molar-refractivity contribution in [3.05, 3.63) is 82.9 Å². The minimum absolute atomic E-state index is 0.0945. The van der Waals surface area contributed by atoms with Crippen LogP contribution in [0.1, 0.15) is 28.0 Å². The fourth-order valence-corrected chi connectivity index (χ4v) is 4.19. The molecule has 0 aliphatic rings.